The lowest BCUT2D eigenvalue weighted by molar-refractivity contribution is 0.595. The highest BCUT2D eigenvalue weighted by Gasteiger charge is 2.12. The molecule has 0 unspecified atom stereocenters. The summed E-state index contributed by atoms with van der Waals surface area (Å²) in [5.74, 6) is 0. The minimum absolute atomic E-state index is 0.862. The van der Waals surface area contributed by atoms with E-state index in [4.69, 9.17) is 0 Å². The van der Waals surface area contributed by atoms with Crippen molar-refractivity contribution in [3.63, 3.8) is 0 Å². The fourth-order valence-corrected chi connectivity index (χ4v) is 4.14. The molecule has 0 fully saturated rings. The van der Waals surface area contributed by atoms with Crippen LogP contribution < -0.4 is 0 Å². The molecule has 3 rings (SSSR count). The Morgan fingerprint density at radius 2 is 1.62 bits per heavy atom. The zero-order valence-corrected chi connectivity index (χ0v) is 18.5. The van der Waals surface area contributed by atoms with E-state index in [0.717, 1.165) is 23.4 Å². The normalized spacial score (nSPS) is 12.1. The van der Waals surface area contributed by atoms with E-state index in [1.165, 1.54) is 26.5 Å². The number of nitrogens with zero attached hydrogens (tertiary/aromatic N) is 2. The summed E-state index contributed by atoms with van der Waals surface area (Å²) in [6.07, 6.45) is 3.09. The molecule has 0 aliphatic heterocycles. The van der Waals surface area contributed by atoms with Crippen LogP contribution in [0.3, 0.4) is 0 Å². The average Bonchev–Trinajstić information content (AvgIpc) is 3.22. The summed E-state index contributed by atoms with van der Waals surface area (Å²) < 4.78 is 0. The molecule has 0 aliphatic rings. The summed E-state index contributed by atoms with van der Waals surface area (Å²) in [5.41, 5.74) is 7.00. The molecule has 1 heterocycles. The van der Waals surface area contributed by atoms with E-state index in [0.29, 0.717) is 0 Å². The van der Waals surface area contributed by atoms with Crippen molar-refractivity contribution in [3.05, 3.63) is 106 Å². The average molecular weight is 401 g/mol. The van der Waals surface area contributed by atoms with E-state index in [1.54, 1.807) is 11.3 Å². The summed E-state index contributed by atoms with van der Waals surface area (Å²) in [4.78, 5) is 9.07. The van der Waals surface area contributed by atoms with Gasteiger partial charge in [-0.05, 0) is 48.3 Å². The molecule has 0 spiro atoms. The third kappa shape index (κ3) is 5.33. The molecular formula is C26H28N2S. The number of hydrogen-bond donors (Lipinski definition) is 0. The molecular weight excluding hydrogens is 372 g/mol. The van der Waals surface area contributed by atoms with Crippen molar-refractivity contribution < 1.29 is 0 Å². The number of aliphatic imine (C=N–C) groups is 1. The van der Waals surface area contributed by atoms with Gasteiger partial charge in [0.05, 0.1) is 10.6 Å². The van der Waals surface area contributed by atoms with Crippen LogP contribution in [0.25, 0.3) is 11.3 Å². The quantitative estimate of drug-likeness (QED) is 0.423. The number of benzene rings is 2. The maximum Gasteiger partial charge on any atom is 0.0646 e. The van der Waals surface area contributed by atoms with Crippen molar-refractivity contribution >= 4 is 28.3 Å². The number of aryl methyl sites for hydroxylation is 1. The van der Waals surface area contributed by atoms with Crippen LogP contribution in [0, 0.1) is 6.92 Å². The van der Waals surface area contributed by atoms with Gasteiger partial charge in [0.15, 0.2) is 0 Å². The van der Waals surface area contributed by atoms with E-state index in [-0.39, 0.29) is 0 Å². The molecule has 148 valence electrons. The van der Waals surface area contributed by atoms with Crippen LogP contribution in [-0.4, -0.2) is 31.8 Å². The van der Waals surface area contributed by atoms with Crippen molar-refractivity contribution in [1.29, 1.82) is 0 Å². The van der Waals surface area contributed by atoms with Crippen LogP contribution >= 0.6 is 11.3 Å². The molecule has 1 aromatic heterocycles. The minimum Gasteiger partial charge on any atom is -0.377 e. The largest absolute Gasteiger partial charge is 0.377 e. The van der Waals surface area contributed by atoms with Gasteiger partial charge in [0, 0.05) is 31.7 Å². The number of allylic oxidation sites excluding steroid dienone is 2. The van der Waals surface area contributed by atoms with E-state index >= 15 is 0 Å². The highest BCUT2D eigenvalue weighted by Crippen LogP contribution is 2.31. The second-order valence-electron chi connectivity index (χ2n) is 7.31. The van der Waals surface area contributed by atoms with Gasteiger partial charge in [-0.25, -0.2) is 0 Å². The lowest BCUT2D eigenvalue weighted by Crippen LogP contribution is -2.07. The summed E-state index contributed by atoms with van der Waals surface area (Å²) >= 11 is 1.78. The zero-order valence-electron chi connectivity index (χ0n) is 17.6. The van der Waals surface area contributed by atoms with Gasteiger partial charge in [0.2, 0.25) is 0 Å². The Bertz CT molecular complexity index is 1020. The van der Waals surface area contributed by atoms with E-state index in [2.05, 4.69) is 90.1 Å². The zero-order chi connectivity index (χ0) is 20.8. The Labute approximate surface area is 178 Å². The Kier molecular flexibility index (Phi) is 6.84. The van der Waals surface area contributed by atoms with Gasteiger partial charge in [-0.15, -0.1) is 11.3 Å². The highest BCUT2D eigenvalue weighted by atomic mass is 32.1. The van der Waals surface area contributed by atoms with Crippen molar-refractivity contribution in [2.75, 3.05) is 21.1 Å². The second-order valence-corrected chi connectivity index (χ2v) is 8.40. The van der Waals surface area contributed by atoms with Gasteiger partial charge in [-0.1, -0.05) is 66.7 Å². The molecule has 0 amide bonds. The Balaban J connectivity index is 2.02. The van der Waals surface area contributed by atoms with Crippen molar-refractivity contribution in [3.8, 4) is 0 Å². The molecule has 0 N–H and O–H groups in total. The molecule has 0 atom stereocenters. The van der Waals surface area contributed by atoms with Crippen molar-refractivity contribution in [1.82, 2.24) is 4.90 Å². The summed E-state index contributed by atoms with van der Waals surface area (Å²) in [7, 11) is 5.92. The van der Waals surface area contributed by atoms with Crippen molar-refractivity contribution in [2.24, 2.45) is 4.99 Å². The van der Waals surface area contributed by atoms with E-state index in [9.17, 15) is 0 Å². The molecule has 29 heavy (non-hydrogen) atoms. The first-order valence-corrected chi connectivity index (χ1v) is 10.5. The van der Waals surface area contributed by atoms with Crippen LogP contribution in [0.1, 0.15) is 26.4 Å². The van der Waals surface area contributed by atoms with Crippen LogP contribution in [0.15, 0.2) is 84.4 Å². The maximum absolute atomic E-state index is 4.57. The third-order valence-electron chi connectivity index (χ3n) is 4.88. The predicted molar refractivity (Wildman–Crippen MR) is 129 cm³/mol. The van der Waals surface area contributed by atoms with Crippen LogP contribution in [0.4, 0.5) is 0 Å². The predicted octanol–water partition coefficient (Wildman–Crippen LogP) is 6.33. The van der Waals surface area contributed by atoms with Crippen LogP contribution in [0.2, 0.25) is 0 Å². The number of hydrogen-bond acceptors (Lipinski definition) is 3. The van der Waals surface area contributed by atoms with Gasteiger partial charge in [0.25, 0.3) is 0 Å². The fourth-order valence-electron chi connectivity index (χ4n) is 3.07. The topological polar surface area (TPSA) is 15.6 Å². The number of rotatable bonds is 7. The molecule has 0 bridgehead atoms. The van der Waals surface area contributed by atoms with E-state index < -0.39 is 0 Å². The third-order valence-corrected chi connectivity index (χ3v) is 6.09. The Morgan fingerprint density at radius 1 is 0.966 bits per heavy atom. The highest BCUT2D eigenvalue weighted by molar-refractivity contribution is 7.14. The van der Waals surface area contributed by atoms with Crippen molar-refractivity contribution in [2.45, 2.75) is 13.3 Å². The molecule has 0 radical (unpaired) electrons. The van der Waals surface area contributed by atoms with Crippen LogP contribution in [0.5, 0.6) is 0 Å². The van der Waals surface area contributed by atoms with Gasteiger partial charge >= 0.3 is 0 Å². The van der Waals surface area contributed by atoms with E-state index in [1.807, 2.05) is 27.2 Å². The molecule has 0 aliphatic carbocycles. The van der Waals surface area contributed by atoms with Gasteiger partial charge < -0.3 is 4.90 Å². The molecule has 2 aromatic carbocycles. The molecule has 0 saturated carbocycles. The lowest BCUT2D eigenvalue weighted by atomic mass is 9.99. The fraction of sp³-hybridized carbons (Fsp3) is 0.192. The molecule has 0 saturated heterocycles. The summed E-state index contributed by atoms with van der Waals surface area (Å²) in [6, 6.07) is 23.5. The smallest absolute Gasteiger partial charge is 0.0646 e. The standard InChI is InChI=1S/C26H28N2S/c1-19-11-13-21(14-12-19)17-23(18-24(27-3)22-9-7-6-8-10-22)26-16-15-25(29-26)20(2)28(4)5/h6-16,18H,2,17H2,1,3-5H3/b23-18+,27-24?. The molecule has 2 nitrogen and oxygen atoms in total. The first-order chi connectivity index (χ1) is 14.0. The molecule has 3 aromatic rings. The van der Waals surface area contributed by atoms with Crippen LogP contribution in [-0.2, 0) is 6.42 Å². The second kappa shape index (κ2) is 9.53. The number of thiophene rings is 1. The minimum atomic E-state index is 0.862. The van der Waals surface area contributed by atoms with Gasteiger partial charge in [-0.3, -0.25) is 4.99 Å². The Morgan fingerprint density at radius 3 is 2.24 bits per heavy atom. The maximum atomic E-state index is 4.57. The van der Waals surface area contributed by atoms with Gasteiger partial charge in [0.1, 0.15) is 0 Å². The Hall–Kier alpha value is -2.91. The molecule has 3 heteroatoms. The summed E-state index contributed by atoms with van der Waals surface area (Å²) in [6.45, 7) is 6.33. The summed E-state index contributed by atoms with van der Waals surface area (Å²) in [5, 5.41) is 0. The first kappa shape index (κ1) is 20.8. The lowest BCUT2D eigenvalue weighted by Gasteiger charge is -2.13. The SMILES string of the molecule is C=C(c1ccc(/C(=C/C(=NC)c2ccccc2)Cc2ccc(C)cc2)s1)N(C)C. The monoisotopic (exact) mass is 400 g/mol. The van der Waals surface area contributed by atoms with Gasteiger partial charge in [-0.2, -0.15) is 0 Å². The first-order valence-electron chi connectivity index (χ1n) is 9.73.